The van der Waals surface area contributed by atoms with Crippen LogP contribution in [0.5, 0.6) is 0 Å². The Balaban J connectivity index is 2.27. The molecule has 1 N–H and O–H groups in total. The zero-order valence-electron chi connectivity index (χ0n) is 9.87. The van der Waals surface area contributed by atoms with E-state index in [0.717, 1.165) is 18.9 Å². The summed E-state index contributed by atoms with van der Waals surface area (Å²) in [5, 5.41) is 9.35. The van der Waals surface area contributed by atoms with Gasteiger partial charge in [0.25, 0.3) is 0 Å². The molecular formula is C12H25NO. The fourth-order valence-corrected chi connectivity index (χ4v) is 2.27. The number of aliphatic hydroxyl groups excluding tert-OH is 1. The molecule has 1 rings (SSSR count). The second-order valence-electron chi connectivity index (χ2n) is 4.82. The third kappa shape index (κ3) is 3.58. The molecule has 0 saturated heterocycles. The highest BCUT2D eigenvalue weighted by atomic mass is 16.3. The molecule has 2 heteroatoms. The van der Waals surface area contributed by atoms with E-state index < -0.39 is 0 Å². The first-order valence-corrected chi connectivity index (χ1v) is 6.05. The molecule has 0 amide bonds. The smallest absolute Gasteiger partial charge is 0.0526 e. The molecule has 0 aromatic rings. The van der Waals surface area contributed by atoms with Crippen molar-refractivity contribution in [2.75, 3.05) is 13.1 Å². The number of nitrogens with zero attached hydrogens (tertiary/aromatic N) is 1. The summed E-state index contributed by atoms with van der Waals surface area (Å²) >= 11 is 0. The van der Waals surface area contributed by atoms with E-state index in [0.29, 0.717) is 6.04 Å². The average molecular weight is 199 g/mol. The summed E-state index contributed by atoms with van der Waals surface area (Å²) in [6.45, 7) is 8.69. The minimum atomic E-state index is -0.166. The van der Waals surface area contributed by atoms with Crippen LogP contribution in [0, 0.1) is 5.92 Å². The second kappa shape index (κ2) is 5.72. The van der Waals surface area contributed by atoms with Gasteiger partial charge in [0.15, 0.2) is 0 Å². The van der Waals surface area contributed by atoms with E-state index in [1.165, 1.54) is 25.8 Å². The zero-order chi connectivity index (χ0) is 10.6. The maximum Gasteiger partial charge on any atom is 0.0526 e. The van der Waals surface area contributed by atoms with Crippen molar-refractivity contribution in [2.24, 2.45) is 5.92 Å². The van der Waals surface area contributed by atoms with Crippen molar-refractivity contribution >= 4 is 0 Å². The Morgan fingerprint density at radius 2 is 2.00 bits per heavy atom. The van der Waals surface area contributed by atoms with Crippen molar-refractivity contribution in [3.63, 3.8) is 0 Å². The Labute approximate surface area is 88.3 Å². The monoisotopic (exact) mass is 199 g/mol. The van der Waals surface area contributed by atoms with Gasteiger partial charge in [-0.05, 0) is 45.6 Å². The highest BCUT2D eigenvalue weighted by Gasteiger charge is 2.22. The summed E-state index contributed by atoms with van der Waals surface area (Å²) in [5.74, 6) is 0.936. The molecule has 0 heterocycles. The van der Waals surface area contributed by atoms with Crippen LogP contribution in [0.1, 0.15) is 46.5 Å². The lowest BCUT2D eigenvalue weighted by atomic mass is 9.85. The first kappa shape index (κ1) is 12.0. The van der Waals surface area contributed by atoms with Gasteiger partial charge in [0.05, 0.1) is 6.10 Å². The van der Waals surface area contributed by atoms with Crippen LogP contribution in [0.25, 0.3) is 0 Å². The molecule has 84 valence electrons. The molecule has 0 spiro atoms. The van der Waals surface area contributed by atoms with Gasteiger partial charge in [-0.1, -0.05) is 13.3 Å². The van der Waals surface area contributed by atoms with Crippen LogP contribution in [-0.2, 0) is 0 Å². The minimum Gasteiger partial charge on any atom is -0.393 e. The standard InChI is InChI=1S/C12H25NO/c1-4-13(9-12-6-5-7-12)10(2)8-11(3)14/h10-12,14H,4-9H2,1-3H3. The van der Waals surface area contributed by atoms with Gasteiger partial charge in [0.1, 0.15) is 0 Å². The van der Waals surface area contributed by atoms with Crippen LogP contribution in [-0.4, -0.2) is 35.2 Å². The van der Waals surface area contributed by atoms with Crippen LogP contribution in [0.15, 0.2) is 0 Å². The molecule has 2 nitrogen and oxygen atoms in total. The topological polar surface area (TPSA) is 23.5 Å². The van der Waals surface area contributed by atoms with Gasteiger partial charge in [-0.25, -0.2) is 0 Å². The summed E-state index contributed by atoms with van der Waals surface area (Å²) in [7, 11) is 0. The maximum atomic E-state index is 9.35. The van der Waals surface area contributed by atoms with Gasteiger partial charge in [0, 0.05) is 12.6 Å². The molecule has 1 aliphatic rings. The van der Waals surface area contributed by atoms with Gasteiger partial charge in [-0.15, -0.1) is 0 Å². The van der Waals surface area contributed by atoms with Crippen molar-refractivity contribution in [1.29, 1.82) is 0 Å². The lowest BCUT2D eigenvalue weighted by Gasteiger charge is -2.35. The highest BCUT2D eigenvalue weighted by Crippen LogP contribution is 2.27. The van der Waals surface area contributed by atoms with Crippen LogP contribution >= 0.6 is 0 Å². The first-order valence-electron chi connectivity index (χ1n) is 6.05. The molecule has 1 fully saturated rings. The molecule has 1 saturated carbocycles. The van der Waals surface area contributed by atoms with Crippen LogP contribution in [0.4, 0.5) is 0 Å². The van der Waals surface area contributed by atoms with Gasteiger partial charge in [-0.3, -0.25) is 0 Å². The number of hydrogen-bond acceptors (Lipinski definition) is 2. The Morgan fingerprint density at radius 3 is 2.36 bits per heavy atom. The summed E-state index contributed by atoms with van der Waals surface area (Å²) in [5.41, 5.74) is 0. The van der Waals surface area contributed by atoms with Crippen molar-refractivity contribution in [3.8, 4) is 0 Å². The molecule has 0 radical (unpaired) electrons. The molecule has 1 aliphatic carbocycles. The summed E-state index contributed by atoms with van der Waals surface area (Å²) in [6, 6.07) is 0.528. The van der Waals surface area contributed by atoms with Crippen molar-refractivity contribution in [2.45, 2.75) is 58.6 Å². The van der Waals surface area contributed by atoms with Gasteiger partial charge in [0.2, 0.25) is 0 Å². The molecule has 0 aromatic carbocycles. The van der Waals surface area contributed by atoms with E-state index in [9.17, 15) is 5.11 Å². The molecule has 0 aromatic heterocycles. The average Bonchev–Trinajstić information content (AvgIpc) is 2.01. The number of rotatable bonds is 6. The minimum absolute atomic E-state index is 0.166. The van der Waals surface area contributed by atoms with Gasteiger partial charge < -0.3 is 10.0 Å². The van der Waals surface area contributed by atoms with E-state index in [2.05, 4.69) is 18.7 Å². The van der Waals surface area contributed by atoms with Crippen molar-refractivity contribution in [3.05, 3.63) is 0 Å². The zero-order valence-corrected chi connectivity index (χ0v) is 9.87. The quantitative estimate of drug-likeness (QED) is 0.709. The Kier molecular flexibility index (Phi) is 4.90. The normalized spacial score (nSPS) is 22.1. The Bertz CT molecular complexity index is 154. The second-order valence-corrected chi connectivity index (χ2v) is 4.82. The Morgan fingerprint density at radius 1 is 1.36 bits per heavy atom. The summed E-state index contributed by atoms with van der Waals surface area (Å²) < 4.78 is 0. The predicted octanol–water partition coefficient (Wildman–Crippen LogP) is 2.27. The van der Waals surface area contributed by atoms with Crippen LogP contribution < -0.4 is 0 Å². The predicted molar refractivity (Wildman–Crippen MR) is 60.3 cm³/mol. The lowest BCUT2D eigenvalue weighted by molar-refractivity contribution is 0.0978. The molecular weight excluding hydrogens is 174 g/mol. The third-order valence-electron chi connectivity index (χ3n) is 3.43. The van der Waals surface area contributed by atoms with Crippen LogP contribution in [0.3, 0.4) is 0 Å². The summed E-state index contributed by atoms with van der Waals surface area (Å²) in [6.07, 6.45) is 4.99. The largest absolute Gasteiger partial charge is 0.393 e. The fourth-order valence-electron chi connectivity index (χ4n) is 2.27. The number of hydrogen-bond donors (Lipinski definition) is 1. The molecule has 14 heavy (non-hydrogen) atoms. The first-order chi connectivity index (χ1) is 6.63. The third-order valence-corrected chi connectivity index (χ3v) is 3.43. The van der Waals surface area contributed by atoms with E-state index in [1.807, 2.05) is 6.92 Å². The highest BCUT2D eigenvalue weighted by molar-refractivity contribution is 4.77. The lowest BCUT2D eigenvalue weighted by Crippen LogP contribution is -2.40. The molecule has 2 unspecified atom stereocenters. The maximum absolute atomic E-state index is 9.35. The van der Waals surface area contributed by atoms with E-state index in [1.54, 1.807) is 0 Å². The number of aliphatic hydroxyl groups is 1. The van der Waals surface area contributed by atoms with Crippen molar-refractivity contribution in [1.82, 2.24) is 4.90 Å². The summed E-state index contributed by atoms with van der Waals surface area (Å²) in [4.78, 5) is 2.51. The van der Waals surface area contributed by atoms with E-state index in [-0.39, 0.29) is 6.10 Å². The van der Waals surface area contributed by atoms with Crippen molar-refractivity contribution < 1.29 is 5.11 Å². The SMILES string of the molecule is CCN(CC1CCC1)C(C)CC(C)O. The molecule has 2 atom stereocenters. The molecule has 0 aliphatic heterocycles. The Hall–Kier alpha value is -0.0800. The fraction of sp³-hybridized carbons (Fsp3) is 1.00. The van der Waals surface area contributed by atoms with Gasteiger partial charge >= 0.3 is 0 Å². The molecule has 0 bridgehead atoms. The van der Waals surface area contributed by atoms with Gasteiger partial charge in [-0.2, -0.15) is 0 Å². The van der Waals surface area contributed by atoms with E-state index in [4.69, 9.17) is 0 Å². The van der Waals surface area contributed by atoms with Crippen LogP contribution in [0.2, 0.25) is 0 Å². The van der Waals surface area contributed by atoms with E-state index >= 15 is 0 Å².